The number of hydrogen-bond donors (Lipinski definition) is 2. The minimum Gasteiger partial charge on any atom is -0.392 e. The Morgan fingerprint density at radius 2 is 2.04 bits per heavy atom. The van der Waals surface area contributed by atoms with Gasteiger partial charge in [0.15, 0.2) is 0 Å². The Morgan fingerprint density at radius 3 is 2.80 bits per heavy atom. The quantitative estimate of drug-likeness (QED) is 0.868. The third-order valence-electron chi connectivity index (χ3n) is 5.57. The summed E-state index contributed by atoms with van der Waals surface area (Å²) in [7, 11) is 0. The molecule has 2 atom stereocenters. The van der Waals surface area contributed by atoms with Crippen LogP contribution in [0.25, 0.3) is 11.0 Å². The zero-order valence-corrected chi connectivity index (χ0v) is 14.6. The summed E-state index contributed by atoms with van der Waals surface area (Å²) in [6, 6.07) is 8.10. The Labute approximate surface area is 147 Å². The number of nitrogens with zero attached hydrogens (tertiary/aromatic N) is 2. The van der Waals surface area contributed by atoms with Crippen molar-refractivity contribution in [2.45, 2.75) is 50.4 Å². The molecule has 2 aliphatic heterocycles. The first-order valence-electron chi connectivity index (χ1n) is 9.42. The van der Waals surface area contributed by atoms with Crippen molar-refractivity contribution in [3.8, 4) is 0 Å². The van der Waals surface area contributed by atoms with Crippen LogP contribution in [-0.4, -0.2) is 58.0 Å². The fourth-order valence-electron chi connectivity index (χ4n) is 4.30. The number of aromatic amines is 1. The van der Waals surface area contributed by atoms with Crippen LogP contribution in [-0.2, 0) is 4.74 Å². The zero-order chi connectivity index (χ0) is 17.2. The van der Waals surface area contributed by atoms with Gasteiger partial charge in [-0.1, -0.05) is 12.1 Å². The maximum atomic E-state index is 12.3. The fraction of sp³-hybridized carbons (Fsp3) is 0.632. The molecule has 1 aromatic heterocycles. The number of piperidine rings is 1. The number of β-amino-alcohol motifs (C(OH)–C–C–N with tert-alkyl or cyclic N) is 1. The Balaban J connectivity index is 1.35. The van der Waals surface area contributed by atoms with Gasteiger partial charge in [-0.25, -0.2) is 4.79 Å². The summed E-state index contributed by atoms with van der Waals surface area (Å²) >= 11 is 0. The van der Waals surface area contributed by atoms with Gasteiger partial charge in [0.05, 0.1) is 23.2 Å². The third kappa shape index (κ3) is 3.66. The summed E-state index contributed by atoms with van der Waals surface area (Å²) < 4.78 is 7.52. The predicted octanol–water partition coefficient (Wildman–Crippen LogP) is 1.90. The molecule has 136 valence electrons. The lowest BCUT2D eigenvalue weighted by molar-refractivity contribution is 0.0305. The standard InChI is InChI=1S/C19H27N3O3/c23-15(12-16-4-3-11-25-16)13-21-9-7-14(8-10-21)22-18-6-2-1-5-17(18)20-19(22)24/h1-2,5-6,14-16,23H,3-4,7-13H2,(H,20,24). The highest BCUT2D eigenvalue weighted by atomic mass is 16.5. The van der Waals surface area contributed by atoms with Crippen LogP contribution in [0.5, 0.6) is 0 Å². The molecule has 1 aromatic carbocycles. The van der Waals surface area contributed by atoms with Gasteiger partial charge in [-0.3, -0.25) is 4.57 Å². The molecule has 0 bridgehead atoms. The molecule has 0 aliphatic carbocycles. The Kier molecular flexibility index (Phi) is 4.92. The Bertz CT molecular complexity index is 755. The molecule has 0 saturated carbocycles. The molecule has 25 heavy (non-hydrogen) atoms. The molecular formula is C19H27N3O3. The normalized spacial score (nSPS) is 24.1. The Morgan fingerprint density at radius 1 is 1.24 bits per heavy atom. The van der Waals surface area contributed by atoms with Crippen LogP contribution in [0.3, 0.4) is 0 Å². The van der Waals surface area contributed by atoms with Gasteiger partial charge in [0, 0.05) is 38.7 Å². The molecule has 2 N–H and O–H groups in total. The number of aliphatic hydroxyl groups excluding tert-OH is 1. The third-order valence-corrected chi connectivity index (χ3v) is 5.57. The Hall–Kier alpha value is -1.63. The van der Waals surface area contributed by atoms with Gasteiger partial charge in [-0.2, -0.15) is 0 Å². The number of nitrogens with one attached hydrogen (secondary N) is 1. The molecule has 4 rings (SSSR count). The SMILES string of the molecule is O=c1[nH]c2ccccc2n1C1CCN(CC(O)CC2CCCO2)CC1. The van der Waals surface area contributed by atoms with Crippen LogP contribution < -0.4 is 5.69 Å². The first-order valence-corrected chi connectivity index (χ1v) is 9.42. The van der Waals surface area contributed by atoms with E-state index in [0.717, 1.165) is 62.8 Å². The molecule has 0 radical (unpaired) electrons. The van der Waals surface area contributed by atoms with Crippen molar-refractivity contribution in [2.24, 2.45) is 0 Å². The number of aromatic nitrogens is 2. The van der Waals surface area contributed by atoms with Gasteiger partial charge >= 0.3 is 5.69 Å². The molecule has 2 aliphatic rings. The van der Waals surface area contributed by atoms with E-state index in [4.69, 9.17) is 4.74 Å². The van der Waals surface area contributed by atoms with Gasteiger partial charge in [-0.15, -0.1) is 0 Å². The van der Waals surface area contributed by atoms with E-state index in [2.05, 4.69) is 9.88 Å². The number of fused-ring (bicyclic) bond motifs is 1. The van der Waals surface area contributed by atoms with Crippen molar-refractivity contribution in [3.05, 3.63) is 34.7 Å². The summed E-state index contributed by atoms with van der Waals surface area (Å²) in [5, 5.41) is 10.3. The van der Waals surface area contributed by atoms with Crippen molar-refractivity contribution in [1.82, 2.24) is 14.5 Å². The van der Waals surface area contributed by atoms with Crippen molar-refractivity contribution in [1.29, 1.82) is 0 Å². The number of hydrogen-bond acceptors (Lipinski definition) is 4. The second kappa shape index (κ2) is 7.32. The topological polar surface area (TPSA) is 70.5 Å². The number of para-hydroxylation sites is 2. The lowest BCUT2D eigenvalue weighted by Crippen LogP contribution is -2.41. The van der Waals surface area contributed by atoms with Gasteiger partial charge < -0.3 is 19.7 Å². The van der Waals surface area contributed by atoms with E-state index in [1.165, 1.54) is 0 Å². The van der Waals surface area contributed by atoms with Crippen LogP contribution >= 0.6 is 0 Å². The lowest BCUT2D eigenvalue weighted by Gasteiger charge is -2.34. The van der Waals surface area contributed by atoms with Crippen molar-refractivity contribution >= 4 is 11.0 Å². The molecule has 6 nitrogen and oxygen atoms in total. The van der Waals surface area contributed by atoms with Gasteiger partial charge in [0.25, 0.3) is 0 Å². The van der Waals surface area contributed by atoms with Crippen LogP contribution in [0.15, 0.2) is 29.1 Å². The van der Waals surface area contributed by atoms with E-state index in [-0.39, 0.29) is 23.9 Å². The second-order valence-electron chi connectivity index (χ2n) is 7.37. The van der Waals surface area contributed by atoms with Crippen LogP contribution in [0.1, 0.15) is 38.1 Å². The molecule has 2 saturated heterocycles. The fourth-order valence-corrected chi connectivity index (χ4v) is 4.30. The maximum Gasteiger partial charge on any atom is 0.326 e. The molecule has 2 unspecified atom stereocenters. The zero-order valence-electron chi connectivity index (χ0n) is 14.6. The van der Waals surface area contributed by atoms with E-state index in [1.54, 1.807) is 0 Å². The maximum absolute atomic E-state index is 12.3. The largest absolute Gasteiger partial charge is 0.392 e. The average molecular weight is 345 g/mol. The summed E-state index contributed by atoms with van der Waals surface area (Å²) in [5.74, 6) is 0. The molecule has 0 amide bonds. The van der Waals surface area contributed by atoms with Crippen LogP contribution in [0.2, 0.25) is 0 Å². The minimum absolute atomic E-state index is 0.0157. The van der Waals surface area contributed by atoms with Crippen molar-refractivity contribution in [3.63, 3.8) is 0 Å². The minimum atomic E-state index is -0.324. The molecule has 6 heteroatoms. The molecule has 0 spiro atoms. The highest BCUT2D eigenvalue weighted by molar-refractivity contribution is 5.75. The highest BCUT2D eigenvalue weighted by Crippen LogP contribution is 2.25. The predicted molar refractivity (Wildman–Crippen MR) is 96.9 cm³/mol. The smallest absolute Gasteiger partial charge is 0.326 e. The van der Waals surface area contributed by atoms with E-state index in [1.807, 2.05) is 28.8 Å². The monoisotopic (exact) mass is 345 g/mol. The van der Waals surface area contributed by atoms with Crippen molar-refractivity contribution < 1.29 is 9.84 Å². The molecule has 2 aromatic rings. The first kappa shape index (κ1) is 16.8. The number of imidazole rings is 1. The van der Waals surface area contributed by atoms with Gasteiger partial charge in [-0.05, 0) is 37.8 Å². The molecular weight excluding hydrogens is 318 g/mol. The van der Waals surface area contributed by atoms with Crippen LogP contribution in [0.4, 0.5) is 0 Å². The highest BCUT2D eigenvalue weighted by Gasteiger charge is 2.26. The second-order valence-corrected chi connectivity index (χ2v) is 7.37. The summed E-state index contributed by atoms with van der Waals surface area (Å²) in [6.45, 7) is 3.37. The number of likely N-dealkylation sites (tertiary alicyclic amines) is 1. The van der Waals surface area contributed by atoms with E-state index in [9.17, 15) is 9.90 Å². The van der Waals surface area contributed by atoms with Gasteiger partial charge in [0.2, 0.25) is 0 Å². The molecule has 2 fully saturated rings. The van der Waals surface area contributed by atoms with E-state index >= 15 is 0 Å². The van der Waals surface area contributed by atoms with E-state index < -0.39 is 0 Å². The number of H-pyrrole nitrogens is 1. The van der Waals surface area contributed by atoms with Crippen molar-refractivity contribution in [2.75, 3.05) is 26.2 Å². The number of aliphatic hydroxyl groups is 1. The summed E-state index contributed by atoms with van der Waals surface area (Å²) in [4.78, 5) is 17.6. The first-order chi connectivity index (χ1) is 12.2. The number of ether oxygens (including phenoxy) is 1. The average Bonchev–Trinajstić information content (AvgIpc) is 3.22. The van der Waals surface area contributed by atoms with Gasteiger partial charge in [0.1, 0.15) is 0 Å². The number of benzene rings is 1. The number of rotatable bonds is 5. The molecule has 3 heterocycles. The van der Waals surface area contributed by atoms with E-state index in [0.29, 0.717) is 6.54 Å². The lowest BCUT2D eigenvalue weighted by atomic mass is 10.0. The van der Waals surface area contributed by atoms with Crippen LogP contribution in [0, 0.1) is 0 Å². The summed E-state index contributed by atoms with van der Waals surface area (Å²) in [5.41, 5.74) is 1.88. The summed E-state index contributed by atoms with van der Waals surface area (Å²) in [6.07, 6.45) is 4.71.